The number of hydrogen-bond donors (Lipinski definition) is 1. The maximum absolute atomic E-state index is 12.6. The van der Waals surface area contributed by atoms with E-state index in [1.165, 1.54) is 0 Å². The molecular weight excluding hydrogens is 332 g/mol. The number of morpholine rings is 1. The molecule has 1 N–H and O–H groups in total. The molecule has 26 heavy (non-hydrogen) atoms. The summed E-state index contributed by atoms with van der Waals surface area (Å²) in [4.78, 5) is 14.9. The van der Waals surface area contributed by atoms with Crippen molar-refractivity contribution in [3.63, 3.8) is 0 Å². The Labute approximate surface area is 153 Å². The summed E-state index contributed by atoms with van der Waals surface area (Å²) in [6.45, 7) is 5.15. The van der Waals surface area contributed by atoms with Crippen molar-refractivity contribution in [3.8, 4) is 11.5 Å². The van der Waals surface area contributed by atoms with Gasteiger partial charge in [-0.05, 0) is 43.3 Å². The number of ether oxygens (including phenoxy) is 3. The van der Waals surface area contributed by atoms with E-state index < -0.39 is 0 Å². The molecule has 6 nitrogen and oxygen atoms in total. The molecule has 1 heterocycles. The summed E-state index contributed by atoms with van der Waals surface area (Å²) >= 11 is 0. The van der Waals surface area contributed by atoms with Crippen LogP contribution in [0.2, 0.25) is 0 Å². The Morgan fingerprint density at radius 1 is 1.04 bits per heavy atom. The number of hydrogen-bond acceptors (Lipinski definition) is 5. The Bertz CT molecular complexity index is 743. The van der Waals surface area contributed by atoms with E-state index in [2.05, 4.69) is 10.2 Å². The van der Waals surface area contributed by atoms with Gasteiger partial charge in [0.1, 0.15) is 11.5 Å². The second-order valence-electron chi connectivity index (χ2n) is 6.11. The highest BCUT2D eigenvalue weighted by Gasteiger charge is 2.15. The topological polar surface area (TPSA) is 60.0 Å². The van der Waals surface area contributed by atoms with Crippen molar-refractivity contribution in [1.29, 1.82) is 0 Å². The average molecular weight is 356 g/mol. The van der Waals surface area contributed by atoms with Gasteiger partial charge in [0.25, 0.3) is 5.91 Å². The summed E-state index contributed by atoms with van der Waals surface area (Å²) < 4.78 is 16.0. The van der Waals surface area contributed by atoms with Crippen LogP contribution in [0.3, 0.4) is 0 Å². The molecule has 1 aliphatic heterocycles. The van der Waals surface area contributed by atoms with Gasteiger partial charge < -0.3 is 24.4 Å². The lowest BCUT2D eigenvalue weighted by Gasteiger charge is -2.28. The molecule has 0 aromatic heterocycles. The van der Waals surface area contributed by atoms with Crippen LogP contribution in [0.15, 0.2) is 36.4 Å². The Kier molecular flexibility index (Phi) is 5.63. The lowest BCUT2D eigenvalue weighted by Crippen LogP contribution is -2.36. The largest absolute Gasteiger partial charge is 0.496 e. The highest BCUT2D eigenvalue weighted by atomic mass is 16.5. The molecule has 138 valence electrons. The zero-order valence-corrected chi connectivity index (χ0v) is 15.4. The maximum atomic E-state index is 12.6. The van der Waals surface area contributed by atoms with E-state index in [9.17, 15) is 4.79 Å². The van der Waals surface area contributed by atoms with Gasteiger partial charge in [-0.2, -0.15) is 0 Å². The summed E-state index contributed by atoms with van der Waals surface area (Å²) in [6.07, 6.45) is 0. The number of amides is 1. The number of nitrogens with zero attached hydrogens (tertiary/aromatic N) is 1. The number of carbonyl (C=O) groups is 1. The van der Waals surface area contributed by atoms with Crippen LogP contribution >= 0.6 is 0 Å². The molecule has 1 saturated heterocycles. The summed E-state index contributed by atoms with van der Waals surface area (Å²) in [6, 6.07) is 11.3. The zero-order valence-electron chi connectivity index (χ0n) is 15.4. The Morgan fingerprint density at radius 3 is 2.15 bits per heavy atom. The van der Waals surface area contributed by atoms with Gasteiger partial charge in [-0.3, -0.25) is 4.79 Å². The average Bonchev–Trinajstić information content (AvgIpc) is 2.69. The second-order valence-corrected chi connectivity index (χ2v) is 6.11. The van der Waals surface area contributed by atoms with Gasteiger partial charge in [0.2, 0.25) is 0 Å². The molecule has 0 bridgehead atoms. The predicted octanol–water partition coefficient (Wildman–Crippen LogP) is 3.10. The van der Waals surface area contributed by atoms with Crippen LogP contribution in [0.25, 0.3) is 0 Å². The van der Waals surface area contributed by atoms with E-state index in [0.717, 1.165) is 43.2 Å². The third kappa shape index (κ3) is 3.91. The molecule has 1 fully saturated rings. The summed E-state index contributed by atoms with van der Waals surface area (Å²) in [5.74, 6) is 1.04. The van der Waals surface area contributed by atoms with E-state index in [1.54, 1.807) is 26.4 Å². The van der Waals surface area contributed by atoms with E-state index in [-0.39, 0.29) is 5.91 Å². The maximum Gasteiger partial charge on any atom is 0.255 e. The minimum Gasteiger partial charge on any atom is -0.496 e. The van der Waals surface area contributed by atoms with Gasteiger partial charge in [0.05, 0.1) is 27.4 Å². The van der Waals surface area contributed by atoms with Crippen LogP contribution in [-0.4, -0.2) is 46.4 Å². The van der Waals surface area contributed by atoms with Gasteiger partial charge in [0, 0.05) is 35.6 Å². The second kappa shape index (κ2) is 8.10. The van der Waals surface area contributed by atoms with Crippen molar-refractivity contribution in [1.82, 2.24) is 0 Å². The molecule has 2 aromatic rings. The van der Waals surface area contributed by atoms with Crippen molar-refractivity contribution in [2.75, 3.05) is 50.7 Å². The fraction of sp³-hybridized carbons (Fsp3) is 0.350. The molecule has 1 amide bonds. The van der Waals surface area contributed by atoms with Gasteiger partial charge in [0.15, 0.2) is 0 Å². The van der Waals surface area contributed by atoms with Gasteiger partial charge >= 0.3 is 0 Å². The smallest absolute Gasteiger partial charge is 0.255 e. The Morgan fingerprint density at radius 2 is 1.62 bits per heavy atom. The van der Waals surface area contributed by atoms with Crippen molar-refractivity contribution < 1.29 is 19.0 Å². The molecule has 2 aromatic carbocycles. The van der Waals surface area contributed by atoms with Crippen LogP contribution in [0.5, 0.6) is 11.5 Å². The van der Waals surface area contributed by atoms with Crippen LogP contribution in [0.4, 0.5) is 11.4 Å². The van der Waals surface area contributed by atoms with Crippen molar-refractivity contribution in [2.24, 2.45) is 0 Å². The Hall–Kier alpha value is -2.73. The quantitative estimate of drug-likeness (QED) is 0.892. The number of anilines is 2. The van der Waals surface area contributed by atoms with Crippen LogP contribution in [0.1, 0.15) is 15.9 Å². The van der Waals surface area contributed by atoms with Gasteiger partial charge in [-0.25, -0.2) is 0 Å². The third-order valence-corrected chi connectivity index (χ3v) is 4.52. The molecule has 0 aliphatic carbocycles. The molecular formula is C20H24N2O4. The monoisotopic (exact) mass is 356 g/mol. The van der Waals surface area contributed by atoms with Crippen molar-refractivity contribution in [3.05, 3.63) is 47.5 Å². The highest BCUT2D eigenvalue weighted by molar-refractivity contribution is 6.05. The molecule has 0 radical (unpaired) electrons. The molecule has 0 unspecified atom stereocenters. The first-order valence-electron chi connectivity index (χ1n) is 8.59. The third-order valence-electron chi connectivity index (χ3n) is 4.52. The van der Waals surface area contributed by atoms with Crippen LogP contribution in [-0.2, 0) is 4.74 Å². The number of benzene rings is 2. The molecule has 0 atom stereocenters. The molecule has 1 aliphatic rings. The van der Waals surface area contributed by atoms with Crippen molar-refractivity contribution >= 4 is 17.3 Å². The first-order chi connectivity index (χ1) is 12.6. The standard InChI is InChI=1S/C20H24N2O4/c1-14-18(24-2)12-15(13-19(14)25-3)20(23)21-16-4-6-17(7-5-16)22-8-10-26-11-9-22/h4-7,12-13H,8-11H2,1-3H3,(H,21,23). The fourth-order valence-corrected chi connectivity index (χ4v) is 3.00. The number of rotatable bonds is 5. The fourth-order valence-electron chi connectivity index (χ4n) is 3.00. The molecule has 0 spiro atoms. The number of nitrogens with one attached hydrogen (secondary N) is 1. The van der Waals surface area contributed by atoms with Crippen LogP contribution < -0.4 is 19.7 Å². The molecule has 6 heteroatoms. The lowest BCUT2D eigenvalue weighted by molar-refractivity contribution is 0.102. The van der Waals surface area contributed by atoms with E-state index in [0.29, 0.717) is 17.1 Å². The number of carbonyl (C=O) groups excluding carboxylic acids is 1. The summed E-state index contributed by atoms with van der Waals surface area (Å²) in [5.41, 5.74) is 3.22. The van der Waals surface area contributed by atoms with Gasteiger partial charge in [-0.1, -0.05) is 0 Å². The summed E-state index contributed by atoms with van der Waals surface area (Å²) in [7, 11) is 3.15. The number of methoxy groups -OCH3 is 2. The van der Waals surface area contributed by atoms with E-state index in [4.69, 9.17) is 14.2 Å². The Balaban J connectivity index is 1.73. The van der Waals surface area contributed by atoms with Crippen LogP contribution in [0, 0.1) is 6.92 Å². The minimum atomic E-state index is -0.208. The van der Waals surface area contributed by atoms with E-state index >= 15 is 0 Å². The first-order valence-corrected chi connectivity index (χ1v) is 8.59. The SMILES string of the molecule is COc1cc(C(=O)Nc2ccc(N3CCOCC3)cc2)cc(OC)c1C. The van der Waals surface area contributed by atoms with Crippen molar-refractivity contribution in [2.45, 2.75) is 6.92 Å². The first kappa shape index (κ1) is 18.1. The predicted molar refractivity (Wildman–Crippen MR) is 102 cm³/mol. The zero-order chi connectivity index (χ0) is 18.5. The van der Waals surface area contributed by atoms with E-state index in [1.807, 2.05) is 31.2 Å². The molecule has 0 saturated carbocycles. The minimum absolute atomic E-state index is 0.208. The lowest BCUT2D eigenvalue weighted by atomic mass is 10.1. The summed E-state index contributed by atoms with van der Waals surface area (Å²) in [5, 5.41) is 2.92. The van der Waals surface area contributed by atoms with Gasteiger partial charge in [-0.15, -0.1) is 0 Å². The highest BCUT2D eigenvalue weighted by Crippen LogP contribution is 2.30. The molecule has 3 rings (SSSR count). The normalized spacial score (nSPS) is 14.0.